The molecular formula is C13H23N3O. The Labute approximate surface area is 104 Å². The van der Waals surface area contributed by atoms with Crippen molar-refractivity contribution in [3.05, 3.63) is 0 Å². The Morgan fingerprint density at radius 3 is 2.35 bits per heavy atom. The summed E-state index contributed by atoms with van der Waals surface area (Å²) in [7, 11) is 2.05. The van der Waals surface area contributed by atoms with E-state index < -0.39 is 5.54 Å². The van der Waals surface area contributed by atoms with Gasteiger partial charge >= 0.3 is 0 Å². The zero-order chi connectivity index (χ0) is 12.9. The van der Waals surface area contributed by atoms with Crippen molar-refractivity contribution in [2.75, 3.05) is 20.1 Å². The monoisotopic (exact) mass is 237 g/mol. The minimum absolute atomic E-state index is 0.0416. The first-order valence-corrected chi connectivity index (χ1v) is 6.48. The minimum atomic E-state index is -0.633. The molecule has 0 saturated carbocycles. The third-order valence-corrected chi connectivity index (χ3v) is 3.77. The highest BCUT2D eigenvalue weighted by Gasteiger charge is 2.36. The van der Waals surface area contributed by atoms with Crippen LogP contribution < -0.4 is 5.32 Å². The molecule has 17 heavy (non-hydrogen) atoms. The van der Waals surface area contributed by atoms with E-state index in [0.29, 0.717) is 0 Å². The maximum Gasteiger partial charge on any atom is 0.224 e. The molecule has 0 aromatic rings. The molecule has 96 valence electrons. The lowest BCUT2D eigenvalue weighted by molar-refractivity contribution is -0.127. The molecule has 1 N–H and O–H groups in total. The highest BCUT2D eigenvalue weighted by atomic mass is 16.2. The summed E-state index contributed by atoms with van der Waals surface area (Å²) in [6, 6.07) is 2.31. The van der Waals surface area contributed by atoms with E-state index in [1.165, 1.54) is 0 Å². The number of amides is 1. The predicted octanol–water partition coefficient (Wildman–Crippen LogP) is 1.53. The molecule has 4 nitrogen and oxygen atoms in total. The molecule has 0 aromatic heterocycles. The van der Waals surface area contributed by atoms with Gasteiger partial charge in [-0.3, -0.25) is 4.79 Å². The Bertz CT molecular complexity index is 296. The van der Waals surface area contributed by atoms with Crippen LogP contribution in [0, 0.1) is 17.2 Å². The van der Waals surface area contributed by atoms with Crippen molar-refractivity contribution >= 4 is 5.91 Å². The number of nitrogens with one attached hydrogen (secondary N) is 1. The lowest BCUT2D eigenvalue weighted by Gasteiger charge is -2.36. The summed E-state index contributed by atoms with van der Waals surface area (Å²) in [6.07, 6.45) is 3.13. The summed E-state index contributed by atoms with van der Waals surface area (Å²) in [4.78, 5) is 14.2. The van der Waals surface area contributed by atoms with E-state index in [-0.39, 0.29) is 11.8 Å². The van der Waals surface area contributed by atoms with Crippen LogP contribution in [0.2, 0.25) is 0 Å². The maximum atomic E-state index is 12.0. The summed E-state index contributed by atoms with van der Waals surface area (Å²) >= 11 is 0. The first-order valence-electron chi connectivity index (χ1n) is 6.48. The summed E-state index contributed by atoms with van der Waals surface area (Å²) in [6.45, 7) is 5.77. The van der Waals surface area contributed by atoms with Gasteiger partial charge in [0.1, 0.15) is 5.54 Å². The maximum absolute atomic E-state index is 12.0. The number of nitrogens with zero attached hydrogens (tertiary/aromatic N) is 2. The molecule has 0 aromatic carbocycles. The van der Waals surface area contributed by atoms with E-state index in [4.69, 9.17) is 0 Å². The Balaban J connectivity index is 2.64. The summed E-state index contributed by atoms with van der Waals surface area (Å²) in [5.41, 5.74) is -0.633. The summed E-state index contributed by atoms with van der Waals surface area (Å²) in [5, 5.41) is 12.3. The van der Waals surface area contributed by atoms with E-state index in [1.807, 2.05) is 20.9 Å². The molecule has 0 spiro atoms. The van der Waals surface area contributed by atoms with E-state index in [0.717, 1.165) is 38.8 Å². The van der Waals surface area contributed by atoms with Gasteiger partial charge in [-0.15, -0.1) is 0 Å². The largest absolute Gasteiger partial charge is 0.337 e. The van der Waals surface area contributed by atoms with Gasteiger partial charge in [0.05, 0.1) is 6.07 Å². The molecule has 1 heterocycles. The standard InChI is InChI=1S/C13H23N3O/c1-4-11(5-2)12(17)15-13(10-14)6-8-16(3)9-7-13/h11H,4-9H2,1-3H3,(H,15,17). The van der Waals surface area contributed by atoms with E-state index >= 15 is 0 Å². The minimum Gasteiger partial charge on any atom is -0.337 e. The molecule has 0 aliphatic carbocycles. The second-order valence-corrected chi connectivity index (χ2v) is 5.00. The topological polar surface area (TPSA) is 56.1 Å². The third kappa shape index (κ3) is 3.44. The van der Waals surface area contributed by atoms with Gasteiger partial charge in [-0.05, 0) is 32.7 Å². The van der Waals surface area contributed by atoms with Crippen molar-refractivity contribution in [2.24, 2.45) is 5.92 Å². The molecule has 1 aliphatic heterocycles. The van der Waals surface area contributed by atoms with E-state index in [1.54, 1.807) is 0 Å². The van der Waals surface area contributed by atoms with Crippen LogP contribution in [0.15, 0.2) is 0 Å². The number of rotatable bonds is 4. The normalized spacial score (nSPS) is 19.9. The number of carbonyl (C=O) groups is 1. The number of hydrogen-bond donors (Lipinski definition) is 1. The van der Waals surface area contributed by atoms with Crippen molar-refractivity contribution < 1.29 is 4.79 Å². The van der Waals surface area contributed by atoms with Gasteiger partial charge in [-0.25, -0.2) is 0 Å². The van der Waals surface area contributed by atoms with Crippen molar-refractivity contribution in [1.82, 2.24) is 10.2 Å². The van der Waals surface area contributed by atoms with Crippen LogP contribution >= 0.6 is 0 Å². The van der Waals surface area contributed by atoms with Crippen LogP contribution in [-0.4, -0.2) is 36.5 Å². The third-order valence-electron chi connectivity index (χ3n) is 3.77. The Kier molecular flexibility index (Phi) is 4.95. The van der Waals surface area contributed by atoms with E-state index in [9.17, 15) is 10.1 Å². The molecule has 0 atom stereocenters. The Morgan fingerprint density at radius 1 is 1.41 bits per heavy atom. The zero-order valence-electron chi connectivity index (χ0n) is 11.1. The van der Waals surface area contributed by atoms with Gasteiger partial charge in [-0.2, -0.15) is 5.26 Å². The molecule has 1 aliphatic rings. The molecule has 0 unspecified atom stereocenters. The van der Waals surface area contributed by atoms with Gasteiger partial charge in [0.15, 0.2) is 0 Å². The predicted molar refractivity (Wildman–Crippen MR) is 67.3 cm³/mol. The van der Waals surface area contributed by atoms with Crippen LogP contribution in [0.4, 0.5) is 0 Å². The lowest BCUT2D eigenvalue weighted by Crippen LogP contribution is -2.55. The van der Waals surface area contributed by atoms with Crippen molar-refractivity contribution in [3.8, 4) is 6.07 Å². The SMILES string of the molecule is CCC(CC)C(=O)NC1(C#N)CCN(C)CC1. The fourth-order valence-electron chi connectivity index (χ4n) is 2.26. The van der Waals surface area contributed by atoms with Crippen LogP contribution in [0.5, 0.6) is 0 Å². The number of carbonyl (C=O) groups excluding carboxylic acids is 1. The molecule has 1 saturated heterocycles. The molecule has 0 bridgehead atoms. The average molecular weight is 237 g/mol. The first-order chi connectivity index (χ1) is 8.06. The second kappa shape index (κ2) is 6.02. The number of hydrogen-bond acceptors (Lipinski definition) is 3. The number of likely N-dealkylation sites (tertiary alicyclic amines) is 1. The van der Waals surface area contributed by atoms with E-state index in [2.05, 4.69) is 16.3 Å². The van der Waals surface area contributed by atoms with Gasteiger partial charge in [0.2, 0.25) is 5.91 Å². The Hall–Kier alpha value is -1.08. The van der Waals surface area contributed by atoms with Crippen LogP contribution in [-0.2, 0) is 4.79 Å². The highest BCUT2D eigenvalue weighted by molar-refractivity contribution is 5.79. The van der Waals surface area contributed by atoms with Crippen molar-refractivity contribution in [2.45, 2.75) is 45.1 Å². The van der Waals surface area contributed by atoms with Gasteiger partial charge in [0, 0.05) is 19.0 Å². The van der Waals surface area contributed by atoms with Gasteiger partial charge < -0.3 is 10.2 Å². The second-order valence-electron chi connectivity index (χ2n) is 5.00. The molecule has 4 heteroatoms. The summed E-state index contributed by atoms with van der Waals surface area (Å²) in [5.74, 6) is 0.0842. The highest BCUT2D eigenvalue weighted by Crippen LogP contribution is 2.22. The van der Waals surface area contributed by atoms with Crippen molar-refractivity contribution in [1.29, 1.82) is 5.26 Å². The first kappa shape index (κ1) is 14.0. The van der Waals surface area contributed by atoms with Crippen LogP contribution in [0.1, 0.15) is 39.5 Å². The number of piperidine rings is 1. The molecule has 1 fully saturated rings. The Morgan fingerprint density at radius 2 is 1.94 bits per heavy atom. The fraction of sp³-hybridized carbons (Fsp3) is 0.846. The fourth-order valence-corrected chi connectivity index (χ4v) is 2.26. The molecule has 1 amide bonds. The molecule has 1 rings (SSSR count). The quantitative estimate of drug-likeness (QED) is 0.806. The number of nitriles is 1. The molecule has 0 radical (unpaired) electrons. The van der Waals surface area contributed by atoms with Crippen LogP contribution in [0.25, 0.3) is 0 Å². The van der Waals surface area contributed by atoms with Crippen molar-refractivity contribution in [3.63, 3.8) is 0 Å². The summed E-state index contributed by atoms with van der Waals surface area (Å²) < 4.78 is 0. The molecular weight excluding hydrogens is 214 g/mol. The zero-order valence-corrected chi connectivity index (χ0v) is 11.1. The smallest absolute Gasteiger partial charge is 0.224 e. The van der Waals surface area contributed by atoms with Crippen LogP contribution in [0.3, 0.4) is 0 Å². The van der Waals surface area contributed by atoms with Gasteiger partial charge in [0.25, 0.3) is 0 Å². The average Bonchev–Trinajstić information content (AvgIpc) is 2.34. The lowest BCUT2D eigenvalue weighted by atomic mass is 9.88. The van der Waals surface area contributed by atoms with Gasteiger partial charge in [-0.1, -0.05) is 13.8 Å².